The zero-order chi connectivity index (χ0) is 27.5. The molecule has 38 heavy (non-hydrogen) atoms. The maximum atomic E-state index is 13.8. The van der Waals surface area contributed by atoms with E-state index in [1.807, 2.05) is 68.4 Å². The fourth-order valence-electron chi connectivity index (χ4n) is 3.92. The number of amides is 2. The van der Waals surface area contributed by atoms with Gasteiger partial charge in [0.2, 0.25) is 5.91 Å². The fourth-order valence-corrected chi connectivity index (χ4v) is 4.37. The van der Waals surface area contributed by atoms with Crippen molar-refractivity contribution >= 4 is 27.7 Å². The molecule has 0 heterocycles. The van der Waals surface area contributed by atoms with Crippen LogP contribution in [0.5, 0.6) is 17.2 Å². The number of hydrogen-bond acceptors (Lipinski definition) is 5. The molecule has 3 aromatic carbocycles. The minimum absolute atomic E-state index is 0.0240. The van der Waals surface area contributed by atoms with E-state index in [9.17, 15) is 9.59 Å². The molecule has 0 unspecified atom stereocenters. The van der Waals surface area contributed by atoms with Gasteiger partial charge in [-0.05, 0) is 36.6 Å². The summed E-state index contributed by atoms with van der Waals surface area (Å²) in [6.45, 7) is 3.95. The van der Waals surface area contributed by atoms with E-state index in [0.29, 0.717) is 23.7 Å². The molecule has 0 radical (unpaired) electrons. The molecule has 0 aromatic heterocycles. The molecule has 0 saturated heterocycles. The standard InChI is InChI=1S/C30H35BrN2O5/c1-5-21(2)32-30(35)28(15-22-10-7-6-8-11-22)33(19-23-12-9-13-24(31)14-23)29(34)20-38-27-17-25(36-3)16-26(18-27)37-4/h6-14,16-18,21,28H,5,15,19-20H2,1-4H3,(H,32,35)/t21-,28-/m0/s1. The van der Waals surface area contributed by atoms with E-state index in [2.05, 4.69) is 21.2 Å². The van der Waals surface area contributed by atoms with Crippen LogP contribution in [0.2, 0.25) is 0 Å². The first-order chi connectivity index (χ1) is 18.3. The molecule has 2 amide bonds. The molecular weight excluding hydrogens is 548 g/mol. The first-order valence-corrected chi connectivity index (χ1v) is 13.4. The van der Waals surface area contributed by atoms with E-state index in [-0.39, 0.29) is 31.0 Å². The fraction of sp³-hybridized carbons (Fsp3) is 0.333. The molecule has 0 saturated carbocycles. The summed E-state index contributed by atoms with van der Waals surface area (Å²) in [6.07, 6.45) is 1.15. The van der Waals surface area contributed by atoms with Crippen LogP contribution in [0, 0.1) is 0 Å². The van der Waals surface area contributed by atoms with Crippen LogP contribution < -0.4 is 19.5 Å². The van der Waals surface area contributed by atoms with Crippen LogP contribution in [0.4, 0.5) is 0 Å². The lowest BCUT2D eigenvalue weighted by molar-refractivity contribution is -0.143. The minimum Gasteiger partial charge on any atom is -0.496 e. The maximum absolute atomic E-state index is 13.8. The van der Waals surface area contributed by atoms with Crippen molar-refractivity contribution in [2.45, 2.75) is 45.3 Å². The molecule has 3 rings (SSSR count). The van der Waals surface area contributed by atoms with E-state index < -0.39 is 6.04 Å². The number of nitrogens with one attached hydrogen (secondary N) is 1. The normalized spacial score (nSPS) is 12.2. The smallest absolute Gasteiger partial charge is 0.261 e. The molecule has 202 valence electrons. The van der Waals surface area contributed by atoms with Crippen LogP contribution >= 0.6 is 15.9 Å². The van der Waals surface area contributed by atoms with Gasteiger partial charge in [0.15, 0.2) is 6.61 Å². The van der Waals surface area contributed by atoms with Crippen molar-refractivity contribution in [2.24, 2.45) is 0 Å². The zero-order valence-corrected chi connectivity index (χ0v) is 23.9. The van der Waals surface area contributed by atoms with Gasteiger partial charge in [0, 0.05) is 41.7 Å². The first kappa shape index (κ1) is 29.0. The second-order valence-electron chi connectivity index (χ2n) is 9.01. The van der Waals surface area contributed by atoms with Crippen LogP contribution in [0.1, 0.15) is 31.4 Å². The SMILES string of the molecule is CC[C@H](C)NC(=O)[C@H](Cc1ccccc1)N(Cc1cccc(Br)c1)C(=O)COc1cc(OC)cc(OC)c1. The highest BCUT2D eigenvalue weighted by Gasteiger charge is 2.31. The van der Waals surface area contributed by atoms with Crippen molar-refractivity contribution in [3.8, 4) is 17.2 Å². The van der Waals surface area contributed by atoms with Gasteiger partial charge >= 0.3 is 0 Å². The van der Waals surface area contributed by atoms with E-state index in [1.54, 1.807) is 37.3 Å². The maximum Gasteiger partial charge on any atom is 0.261 e. The van der Waals surface area contributed by atoms with Crippen LogP contribution in [0.15, 0.2) is 77.3 Å². The molecule has 3 aromatic rings. The summed E-state index contributed by atoms with van der Waals surface area (Å²) in [5.41, 5.74) is 1.85. The Morgan fingerprint density at radius 3 is 2.13 bits per heavy atom. The highest BCUT2D eigenvalue weighted by Crippen LogP contribution is 2.27. The summed E-state index contributed by atoms with van der Waals surface area (Å²) in [5.74, 6) is 1.02. The second-order valence-corrected chi connectivity index (χ2v) is 9.93. The third kappa shape index (κ3) is 8.52. The van der Waals surface area contributed by atoms with Gasteiger partial charge in [0.1, 0.15) is 23.3 Å². The Labute approximate surface area is 233 Å². The summed E-state index contributed by atoms with van der Waals surface area (Å²) in [6, 6.07) is 21.8. The Kier molecular flexibility index (Phi) is 11.0. The van der Waals surface area contributed by atoms with Crippen molar-refractivity contribution in [2.75, 3.05) is 20.8 Å². The molecule has 2 atom stereocenters. The summed E-state index contributed by atoms with van der Waals surface area (Å²) in [5, 5.41) is 3.07. The number of benzene rings is 3. The number of methoxy groups -OCH3 is 2. The molecule has 1 N–H and O–H groups in total. The number of nitrogens with zero attached hydrogens (tertiary/aromatic N) is 1. The Morgan fingerprint density at radius 2 is 1.53 bits per heavy atom. The molecule has 0 aliphatic rings. The van der Waals surface area contributed by atoms with E-state index in [4.69, 9.17) is 14.2 Å². The number of ether oxygens (including phenoxy) is 3. The molecular formula is C30H35BrN2O5. The molecule has 0 aliphatic heterocycles. The third-order valence-electron chi connectivity index (χ3n) is 6.20. The summed E-state index contributed by atoms with van der Waals surface area (Å²) < 4.78 is 17.4. The van der Waals surface area contributed by atoms with Crippen LogP contribution in [-0.4, -0.2) is 49.6 Å². The lowest BCUT2D eigenvalue weighted by Gasteiger charge is -2.32. The monoisotopic (exact) mass is 582 g/mol. The Bertz CT molecular complexity index is 1180. The second kappa shape index (κ2) is 14.4. The van der Waals surface area contributed by atoms with Crippen LogP contribution in [0.25, 0.3) is 0 Å². The number of rotatable bonds is 13. The average Bonchev–Trinajstić information content (AvgIpc) is 2.93. The van der Waals surface area contributed by atoms with Crippen molar-refractivity contribution in [3.63, 3.8) is 0 Å². The van der Waals surface area contributed by atoms with Gasteiger partial charge in [-0.3, -0.25) is 9.59 Å². The largest absolute Gasteiger partial charge is 0.496 e. The third-order valence-corrected chi connectivity index (χ3v) is 6.69. The van der Waals surface area contributed by atoms with Gasteiger partial charge in [-0.15, -0.1) is 0 Å². The van der Waals surface area contributed by atoms with Gasteiger partial charge in [0.05, 0.1) is 14.2 Å². The van der Waals surface area contributed by atoms with E-state index in [0.717, 1.165) is 22.0 Å². The summed E-state index contributed by atoms with van der Waals surface area (Å²) in [4.78, 5) is 28.9. The van der Waals surface area contributed by atoms with Crippen molar-refractivity contribution < 1.29 is 23.8 Å². The number of carbonyl (C=O) groups is 2. The molecule has 7 nitrogen and oxygen atoms in total. The minimum atomic E-state index is -0.735. The Balaban J connectivity index is 1.93. The molecule has 0 fully saturated rings. The zero-order valence-electron chi connectivity index (χ0n) is 22.3. The first-order valence-electron chi connectivity index (χ1n) is 12.6. The number of carbonyl (C=O) groups excluding carboxylic acids is 2. The van der Waals surface area contributed by atoms with Crippen LogP contribution in [0.3, 0.4) is 0 Å². The lowest BCUT2D eigenvalue weighted by atomic mass is 10.0. The highest BCUT2D eigenvalue weighted by molar-refractivity contribution is 9.10. The predicted molar refractivity (Wildman–Crippen MR) is 152 cm³/mol. The van der Waals surface area contributed by atoms with Gasteiger partial charge < -0.3 is 24.4 Å². The molecule has 0 bridgehead atoms. The summed E-state index contributed by atoms with van der Waals surface area (Å²) in [7, 11) is 3.10. The van der Waals surface area contributed by atoms with Gasteiger partial charge in [-0.25, -0.2) is 0 Å². The van der Waals surface area contributed by atoms with E-state index in [1.165, 1.54) is 0 Å². The number of hydrogen-bond donors (Lipinski definition) is 1. The van der Waals surface area contributed by atoms with Crippen LogP contribution in [-0.2, 0) is 22.6 Å². The van der Waals surface area contributed by atoms with Crippen molar-refractivity contribution in [3.05, 3.63) is 88.4 Å². The summed E-state index contributed by atoms with van der Waals surface area (Å²) >= 11 is 3.51. The Hall–Kier alpha value is -3.52. The molecule has 0 spiro atoms. The highest BCUT2D eigenvalue weighted by atomic mass is 79.9. The van der Waals surface area contributed by atoms with Gasteiger partial charge in [0.25, 0.3) is 5.91 Å². The predicted octanol–water partition coefficient (Wildman–Crippen LogP) is 5.40. The van der Waals surface area contributed by atoms with Gasteiger partial charge in [-0.1, -0.05) is 65.3 Å². The topological polar surface area (TPSA) is 77.1 Å². The van der Waals surface area contributed by atoms with Crippen molar-refractivity contribution in [1.82, 2.24) is 10.2 Å². The average molecular weight is 584 g/mol. The molecule has 0 aliphatic carbocycles. The van der Waals surface area contributed by atoms with E-state index >= 15 is 0 Å². The number of halogens is 1. The lowest BCUT2D eigenvalue weighted by Crippen LogP contribution is -2.53. The Morgan fingerprint density at radius 1 is 0.895 bits per heavy atom. The van der Waals surface area contributed by atoms with Gasteiger partial charge in [-0.2, -0.15) is 0 Å². The quantitative estimate of drug-likeness (QED) is 0.292. The molecule has 8 heteroatoms. The van der Waals surface area contributed by atoms with Crippen molar-refractivity contribution in [1.29, 1.82) is 0 Å².